The number of rotatable bonds is 7. The zero-order valence-corrected chi connectivity index (χ0v) is 16.5. The zero-order valence-electron chi connectivity index (χ0n) is 15.7. The summed E-state index contributed by atoms with van der Waals surface area (Å²) < 4.78 is 74.7. The summed E-state index contributed by atoms with van der Waals surface area (Å²) >= 11 is 0. The predicted molar refractivity (Wildman–Crippen MR) is 97.2 cm³/mol. The average molecular weight is 459 g/mol. The lowest BCUT2D eigenvalue weighted by Gasteiger charge is -2.27. The highest BCUT2D eigenvalue weighted by Crippen LogP contribution is 2.31. The van der Waals surface area contributed by atoms with Gasteiger partial charge in [-0.2, -0.15) is 18.3 Å². The van der Waals surface area contributed by atoms with Crippen LogP contribution in [0.1, 0.15) is 5.56 Å². The number of halogens is 3. The van der Waals surface area contributed by atoms with E-state index >= 15 is 0 Å². The van der Waals surface area contributed by atoms with Crippen molar-refractivity contribution < 1.29 is 41.3 Å². The molecule has 2 N–H and O–H groups in total. The van der Waals surface area contributed by atoms with Gasteiger partial charge in [-0.3, -0.25) is 0 Å². The van der Waals surface area contributed by atoms with Crippen molar-refractivity contribution in [3.8, 4) is 17.7 Å². The summed E-state index contributed by atoms with van der Waals surface area (Å²) in [5.74, 6) is -1.60. The Balaban J connectivity index is 1.85. The van der Waals surface area contributed by atoms with Crippen LogP contribution in [0.5, 0.6) is 11.6 Å². The molecule has 0 bridgehead atoms. The third kappa shape index (κ3) is 4.72. The number of hydrogen-bond donors (Lipinski definition) is 2. The standard InChI is InChI=1S/C18H16F3N3O6S/c19-13-6-12(5-4-11(13)7-22)29-14-8-24(9-18(14,26)10-25)31(27,28)16-3-1-2-15(23-16)30-17(20)21/h1-6,14,17,25-26H,8-10H2/t14-,18+/m0/s1. The quantitative estimate of drug-likeness (QED) is 0.623. The molecular weight excluding hydrogens is 443 g/mol. The van der Waals surface area contributed by atoms with E-state index < -0.39 is 64.8 Å². The number of aliphatic hydroxyl groups is 2. The maximum absolute atomic E-state index is 13.8. The highest BCUT2D eigenvalue weighted by Gasteiger charge is 2.51. The van der Waals surface area contributed by atoms with Crippen molar-refractivity contribution in [1.82, 2.24) is 9.29 Å². The molecule has 13 heteroatoms. The minimum atomic E-state index is -4.39. The second kappa shape index (κ2) is 8.67. The van der Waals surface area contributed by atoms with Crippen LogP contribution in [-0.2, 0) is 10.0 Å². The van der Waals surface area contributed by atoms with Crippen LogP contribution < -0.4 is 9.47 Å². The van der Waals surface area contributed by atoms with Gasteiger partial charge in [0.05, 0.1) is 18.7 Å². The van der Waals surface area contributed by atoms with Crippen LogP contribution >= 0.6 is 0 Å². The number of β-amino-alcohol motifs (C(OH)–C–C–N with tert-alkyl or cyclic N) is 1. The SMILES string of the molecule is N#Cc1ccc(O[C@H]2CN(S(=O)(=O)c3cccc(OC(F)F)n3)C[C@@]2(O)CO)cc1F. The van der Waals surface area contributed by atoms with E-state index in [4.69, 9.17) is 10.00 Å². The van der Waals surface area contributed by atoms with E-state index in [0.717, 1.165) is 34.6 Å². The number of aliphatic hydroxyl groups excluding tert-OH is 1. The molecular formula is C18H16F3N3O6S. The lowest BCUT2D eigenvalue weighted by molar-refractivity contribution is -0.0641. The summed E-state index contributed by atoms with van der Waals surface area (Å²) in [6.45, 7) is -5.15. The Hall–Kier alpha value is -2.92. The first-order valence-electron chi connectivity index (χ1n) is 8.70. The molecule has 0 radical (unpaired) electrons. The summed E-state index contributed by atoms with van der Waals surface area (Å²) in [5.41, 5.74) is -2.29. The van der Waals surface area contributed by atoms with Gasteiger partial charge in [0.1, 0.15) is 29.3 Å². The van der Waals surface area contributed by atoms with E-state index in [2.05, 4.69) is 9.72 Å². The summed E-state index contributed by atoms with van der Waals surface area (Å²) in [6.07, 6.45) is -1.31. The van der Waals surface area contributed by atoms with E-state index in [1.807, 2.05) is 0 Å². The third-order valence-electron chi connectivity index (χ3n) is 4.54. The van der Waals surface area contributed by atoms with Crippen LogP contribution in [0, 0.1) is 17.1 Å². The first-order valence-corrected chi connectivity index (χ1v) is 10.1. The molecule has 0 amide bonds. The van der Waals surface area contributed by atoms with E-state index in [9.17, 15) is 31.8 Å². The molecule has 0 unspecified atom stereocenters. The number of hydrogen-bond acceptors (Lipinski definition) is 8. The fourth-order valence-corrected chi connectivity index (χ4v) is 4.41. The average Bonchev–Trinajstić information content (AvgIpc) is 3.05. The summed E-state index contributed by atoms with van der Waals surface area (Å²) in [4.78, 5) is 3.55. The number of nitriles is 1. The van der Waals surface area contributed by atoms with Gasteiger partial charge in [0.15, 0.2) is 5.03 Å². The summed E-state index contributed by atoms with van der Waals surface area (Å²) in [7, 11) is -4.39. The van der Waals surface area contributed by atoms with Gasteiger partial charge in [-0.05, 0) is 18.2 Å². The van der Waals surface area contributed by atoms with Crippen LogP contribution in [0.2, 0.25) is 0 Å². The molecule has 2 heterocycles. The molecule has 2 atom stereocenters. The molecule has 0 saturated carbocycles. The molecule has 1 aliphatic heterocycles. The molecule has 1 fully saturated rings. The Morgan fingerprint density at radius 1 is 1.35 bits per heavy atom. The number of pyridine rings is 1. The number of nitrogens with zero attached hydrogens (tertiary/aromatic N) is 3. The van der Waals surface area contributed by atoms with Crippen molar-refractivity contribution in [2.45, 2.75) is 23.3 Å². The Labute approximate surface area is 174 Å². The summed E-state index contributed by atoms with van der Waals surface area (Å²) in [5, 5.41) is 28.5. The smallest absolute Gasteiger partial charge is 0.388 e. The fourth-order valence-electron chi connectivity index (χ4n) is 2.96. The number of alkyl halides is 2. The first-order chi connectivity index (χ1) is 14.6. The largest absolute Gasteiger partial charge is 0.486 e. The van der Waals surface area contributed by atoms with Gasteiger partial charge >= 0.3 is 6.61 Å². The maximum atomic E-state index is 13.8. The highest BCUT2D eigenvalue weighted by molar-refractivity contribution is 7.89. The molecule has 1 aromatic carbocycles. The molecule has 3 rings (SSSR count). The van der Waals surface area contributed by atoms with Crippen molar-refractivity contribution in [1.29, 1.82) is 5.26 Å². The number of benzene rings is 1. The molecule has 1 saturated heterocycles. The van der Waals surface area contributed by atoms with E-state index in [1.54, 1.807) is 6.07 Å². The van der Waals surface area contributed by atoms with Crippen LogP contribution in [0.3, 0.4) is 0 Å². The lowest BCUT2D eigenvalue weighted by atomic mass is 10.0. The minimum absolute atomic E-state index is 0.0990. The number of aromatic nitrogens is 1. The minimum Gasteiger partial charge on any atom is -0.486 e. The monoisotopic (exact) mass is 459 g/mol. The Kier molecular flexibility index (Phi) is 6.37. The van der Waals surface area contributed by atoms with Crippen molar-refractivity contribution in [3.63, 3.8) is 0 Å². The van der Waals surface area contributed by atoms with E-state index in [-0.39, 0.29) is 11.3 Å². The first kappa shape index (κ1) is 22.8. The molecule has 1 aromatic heterocycles. The van der Waals surface area contributed by atoms with Crippen LogP contribution in [0.25, 0.3) is 0 Å². The number of ether oxygens (including phenoxy) is 2. The molecule has 166 valence electrons. The van der Waals surface area contributed by atoms with Crippen LogP contribution in [0.4, 0.5) is 13.2 Å². The number of sulfonamides is 1. The Morgan fingerprint density at radius 2 is 2.10 bits per heavy atom. The normalized spacial score (nSPS) is 21.8. The Morgan fingerprint density at radius 3 is 2.71 bits per heavy atom. The maximum Gasteiger partial charge on any atom is 0.388 e. The van der Waals surface area contributed by atoms with Gasteiger partial charge in [-0.25, -0.2) is 17.8 Å². The van der Waals surface area contributed by atoms with Gasteiger partial charge in [-0.1, -0.05) is 6.07 Å². The van der Waals surface area contributed by atoms with Gasteiger partial charge in [0, 0.05) is 18.7 Å². The predicted octanol–water partition coefficient (Wildman–Crippen LogP) is 0.869. The molecule has 9 nitrogen and oxygen atoms in total. The Bertz CT molecular complexity index is 1110. The topological polar surface area (TPSA) is 133 Å². The van der Waals surface area contributed by atoms with E-state index in [0.29, 0.717) is 0 Å². The van der Waals surface area contributed by atoms with Crippen molar-refractivity contribution in [2.24, 2.45) is 0 Å². The molecule has 0 aliphatic carbocycles. The zero-order chi connectivity index (χ0) is 22.8. The second-order valence-corrected chi connectivity index (χ2v) is 8.50. The molecule has 2 aromatic rings. The van der Waals surface area contributed by atoms with Gasteiger partial charge in [0.25, 0.3) is 10.0 Å². The molecule has 1 aliphatic rings. The van der Waals surface area contributed by atoms with Gasteiger partial charge in [-0.15, -0.1) is 0 Å². The second-order valence-electron chi connectivity index (χ2n) is 6.61. The van der Waals surface area contributed by atoms with Crippen LogP contribution in [-0.4, -0.2) is 65.9 Å². The summed E-state index contributed by atoms with van der Waals surface area (Å²) in [6, 6.07) is 8.17. The van der Waals surface area contributed by atoms with Crippen molar-refractivity contribution in [3.05, 3.63) is 47.8 Å². The fraction of sp³-hybridized carbons (Fsp3) is 0.333. The molecule has 0 spiro atoms. The van der Waals surface area contributed by atoms with Crippen molar-refractivity contribution in [2.75, 3.05) is 19.7 Å². The van der Waals surface area contributed by atoms with Crippen molar-refractivity contribution >= 4 is 10.0 Å². The van der Waals surface area contributed by atoms with Crippen LogP contribution in [0.15, 0.2) is 41.4 Å². The third-order valence-corrected chi connectivity index (χ3v) is 6.26. The molecule has 31 heavy (non-hydrogen) atoms. The van der Waals surface area contributed by atoms with Gasteiger partial charge in [0.2, 0.25) is 5.88 Å². The highest BCUT2D eigenvalue weighted by atomic mass is 32.2. The lowest BCUT2D eigenvalue weighted by Crippen LogP contribution is -2.48. The van der Waals surface area contributed by atoms with E-state index in [1.165, 1.54) is 6.07 Å². The van der Waals surface area contributed by atoms with Gasteiger partial charge < -0.3 is 19.7 Å².